The minimum absolute atomic E-state index is 0.0597. The summed E-state index contributed by atoms with van der Waals surface area (Å²) in [5.74, 6) is -0.775. The minimum Gasteiger partial charge on any atom is -0.458 e. The molecule has 0 unspecified atom stereocenters. The van der Waals surface area contributed by atoms with Crippen molar-refractivity contribution in [2.45, 2.75) is 45.4 Å². The van der Waals surface area contributed by atoms with Crippen molar-refractivity contribution in [2.24, 2.45) is 0 Å². The molecule has 1 atom stereocenters. The van der Waals surface area contributed by atoms with Gasteiger partial charge in [-0.2, -0.15) is 0 Å². The Bertz CT molecular complexity index is 1280. The average Bonchev–Trinajstić information content (AvgIpc) is 3.11. The quantitative estimate of drug-likeness (QED) is 0.508. The lowest BCUT2D eigenvalue weighted by Crippen LogP contribution is -2.45. The third-order valence-corrected chi connectivity index (χ3v) is 6.22. The zero-order valence-corrected chi connectivity index (χ0v) is 16.3. The first kappa shape index (κ1) is 17.9. The molecule has 5 rings (SSSR count). The lowest BCUT2D eigenvalue weighted by Gasteiger charge is -2.33. The number of para-hydroxylation sites is 1. The number of aryl methyl sites for hydroxylation is 1. The summed E-state index contributed by atoms with van der Waals surface area (Å²) in [4.78, 5) is 30.5. The fraction of sp³-hybridized carbons (Fsp3) is 0.318. The van der Waals surface area contributed by atoms with Gasteiger partial charge < -0.3 is 20.1 Å². The summed E-state index contributed by atoms with van der Waals surface area (Å²) in [5.41, 5.74) is 8.98. The number of pyridine rings is 2. The topological polar surface area (TPSA) is 107 Å². The number of nitrogen functional groups attached to an aromatic ring is 1. The summed E-state index contributed by atoms with van der Waals surface area (Å²) in [6, 6.07) is 7.86. The lowest BCUT2D eigenvalue weighted by atomic mass is 9.84. The van der Waals surface area contributed by atoms with Crippen molar-refractivity contribution in [2.75, 3.05) is 5.73 Å². The second-order valence-electron chi connectivity index (χ2n) is 7.59. The number of hydrogen-bond donors (Lipinski definition) is 2. The molecule has 4 heterocycles. The van der Waals surface area contributed by atoms with Gasteiger partial charge in [0.1, 0.15) is 6.61 Å². The number of nitrogens with two attached hydrogens (primary N) is 1. The molecule has 0 saturated heterocycles. The number of fused-ring (bicyclic) bond motifs is 5. The highest BCUT2D eigenvalue weighted by Gasteiger charge is 2.47. The molecule has 2 aliphatic heterocycles. The van der Waals surface area contributed by atoms with Gasteiger partial charge in [0.2, 0.25) is 0 Å². The van der Waals surface area contributed by atoms with Crippen LogP contribution < -0.4 is 11.3 Å². The summed E-state index contributed by atoms with van der Waals surface area (Å²) in [7, 11) is 0. The van der Waals surface area contributed by atoms with Crippen molar-refractivity contribution in [3.05, 3.63) is 56.9 Å². The van der Waals surface area contributed by atoms with Crippen LogP contribution in [0, 0.1) is 0 Å². The fourth-order valence-electron chi connectivity index (χ4n) is 4.74. The highest BCUT2D eigenvalue weighted by atomic mass is 16.6. The number of anilines is 1. The smallest absolute Gasteiger partial charge is 0.343 e. The fourth-order valence-corrected chi connectivity index (χ4v) is 4.74. The van der Waals surface area contributed by atoms with E-state index in [1.54, 1.807) is 11.5 Å². The van der Waals surface area contributed by atoms with Crippen LogP contribution in [0.15, 0.2) is 29.1 Å². The average molecular weight is 391 g/mol. The molecule has 3 N–H and O–H groups in total. The molecule has 0 fully saturated rings. The van der Waals surface area contributed by atoms with Crippen molar-refractivity contribution in [3.63, 3.8) is 0 Å². The van der Waals surface area contributed by atoms with Crippen molar-refractivity contribution in [1.82, 2.24) is 9.55 Å². The molecule has 0 spiro atoms. The molecule has 29 heavy (non-hydrogen) atoms. The number of carbonyl (C=O) groups excluding carboxylic acids is 1. The standard InChI is InChI=1S/C22H21N3O4/c1-3-11-12-7-5-6-8-15(12)24-18-13(11)9-25-19(18)17(23)16-14(20(25)26)10-29-21(27)22(16,28)4-2/h5-8,28H,3-4,9-10,23H2,1-2H3/t22-/m1/s1. The van der Waals surface area contributed by atoms with Gasteiger partial charge in [0.05, 0.1) is 34.7 Å². The van der Waals surface area contributed by atoms with Crippen molar-refractivity contribution >= 4 is 22.6 Å². The van der Waals surface area contributed by atoms with Gasteiger partial charge in [-0.15, -0.1) is 0 Å². The number of cyclic esters (lactones) is 1. The Balaban J connectivity index is 1.90. The summed E-state index contributed by atoms with van der Waals surface area (Å²) < 4.78 is 6.71. The van der Waals surface area contributed by atoms with Crippen LogP contribution in [0.1, 0.15) is 42.5 Å². The van der Waals surface area contributed by atoms with Crippen LogP contribution >= 0.6 is 0 Å². The molecule has 7 heteroatoms. The van der Waals surface area contributed by atoms with E-state index in [0.29, 0.717) is 17.9 Å². The van der Waals surface area contributed by atoms with Crippen LogP contribution in [0.5, 0.6) is 0 Å². The van der Waals surface area contributed by atoms with Crippen molar-refractivity contribution in [3.8, 4) is 11.4 Å². The number of aliphatic hydroxyl groups is 1. The first-order valence-electron chi connectivity index (χ1n) is 9.78. The normalized spacial score (nSPS) is 19.6. The number of ether oxygens (including phenoxy) is 1. The van der Waals surface area contributed by atoms with Crippen LogP contribution in [0.25, 0.3) is 22.3 Å². The van der Waals surface area contributed by atoms with E-state index in [0.717, 1.165) is 28.5 Å². The predicted octanol–water partition coefficient (Wildman–Crippen LogP) is 2.22. The molecule has 2 aromatic heterocycles. The number of aromatic nitrogens is 2. The van der Waals surface area contributed by atoms with Crippen LogP contribution in [0.3, 0.4) is 0 Å². The molecule has 1 aromatic carbocycles. The molecule has 0 bridgehead atoms. The van der Waals surface area contributed by atoms with Crippen LogP contribution in [0.2, 0.25) is 0 Å². The Morgan fingerprint density at radius 3 is 2.72 bits per heavy atom. The van der Waals surface area contributed by atoms with Gasteiger partial charge in [0.15, 0.2) is 5.60 Å². The van der Waals surface area contributed by atoms with Crippen LogP contribution in [-0.2, 0) is 34.7 Å². The maximum absolute atomic E-state index is 13.3. The van der Waals surface area contributed by atoms with Gasteiger partial charge in [0.25, 0.3) is 5.56 Å². The monoisotopic (exact) mass is 391 g/mol. The van der Waals surface area contributed by atoms with Gasteiger partial charge in [-0.1, -0.05) is 32.0 Å². The Kier molecular flexibility index (Phi) is 3.64. The Labute approximate surface area is 166 Å². The van der Waals surface area contributed by atoms with E-state index in [9.17, 15) is 14.7 Å². The van der Waals surface area contributed by atoms with E-state index in [-0.39, 0.29) is 35.4 Å². The van der Waals surface area contributed by atoms with E-state index in [1.807, 2.05) is 24.3 Å². The van der Waals surface area contributed by atoms with Gasteiger partial charge in [-0.05, 0) is 24.5 Å². The Morgan fingerprint density at radius 1 is 1.24 bits per heavy atom. The lowest BCUT2D eigenvalue weighted by molar-refractivity contribution is -0.172. The zero-order valence-electron chi connectivity index (χ0n) is 16.3. The highest BCUT2D eigenvalue weighted by Crippen LogP contribution is 2.44. The molecular weight excluding hydrogens is 370 g/mol. The zero-order chi connectivity index (χ0) is 20.5. The van der Waals surface area contributed by atoms with Gasteiger partial charge in [-0.3, -0.25) is 4.79 Å². The van der Waals surface area contributed by atoms with Gasteiger partial charge >= 0.3 is 5.97 Å². The van der Waals surface area contributed by atoms with E-state index < -0.39 is 11.6 Å². The maximum atomic E-state index is 13.3. The molecule has 7 nitrogen and oxygen atoms in total. The van der Waals surface area contributed by atoms with Gasteiger partial charge in [0, 0.05) is 16.5 Å². The van der Waals surface area contributed by atoms with E-state index in [2.05, 4.69) is 6.92 Å². The first-order valence-corrected chi connectivity index (χ1v) is 9.78. The van der Waals surface area contributed by atoms with Gasteiger partial charge in [-0.25, -0.2) is 9.78 Å². The molecular formula is C22H21N3O4. The number of nitrogens with zero attached hydrogens (tertiary/aromatic N) is 2. The van der Waals surface area contributed by atoms with Crippen LogP contribution in [-0.4, -0.2) is 20.6 Å². The largest absolute Gasteiger partial charge is 0.458 e. The number of benzene rings is 1. The van der Waals surface area contributed by atoms with Crippen molar-refractivity contribution < 1.29 is 14.6 Å². The number of esters is 1. The second-order valence-corrected chi connectivity index (χ2v) is 7.59. The van der Waals surface area contributed by atoms with Crippen LogP contribution in [0.4, 0.5) is 5.69 Å². The SMILES string of the molecule is CCc1c2c(nc3ccccc13)-c1c(N)c3c(c(=O)n1C2)COC(=O)[C@@]3(O)CC. The molecule has 2 aliphatic rings. The summed E-state index contributed by atoms with van der Waals surface area (Å²) >= 11 is 0. The van der Waals surface area contributed by atoms with E-state index >= 15 is 0 Å². The third kappa shape index (κ3) is 2.13. The Morgan fingerprint density at radius 2 is 2.00 bits per heavy atom. The molecule has 0 saturated carbocycles. The minimum atomic E-state index is -1.93. The summed E-state index contributed by atoms with van der Waals surface area (Å²) in [6.45, 7) is 3.91. The highest BCUT2D eigenvalue weighted by molar-refractivity contribution is 5.93. The predicted molar refractivity (Wildman–Crippen MR) is 108 cm³/mol. The maximum Gasteiger partial charge on any atom is 0.343 e. The van der Waals surface area contributed by atoms with E-state index in [4.69, 9.17) is 15.5 Å². The number of hydrogen-bond acceptors (Lipinski definition) is 6. The molecule has 3 aromatic rings. The molecule has 148 valence electrons. The molecule has 0 aliphatic carbocycles. The van der Waals surface area contributed by atoms with E-state index in [1.165, 1.54) is 0 Å². The summed E-state index contributed by atoms with van der Waals surface area (Å²) in [6.07, 6.45) is 0.846. The number of rotatable bonds is 2. The number of carbonyl (C=O) groups is 1. The Hall–Kier alpha value is -3.19. The second kappa shape index (κ2) is 5.90. The molecule has 0 amide bonds. The summed E-state index contributed by atoms with van der Waals surface area (Å²) in [5, 5.41) is 12.1. The third-order valence-electron chi connectivity index (χ3n) is 6.22. The molecule has 0 radical (unpaired) electrons. The first-order chi connectivity index (χ1) is 13.9. The van der Waals surface area contributed by atoms with Crippen molar-refractivity contribution in [1.29, 1.82) is 0 Å².